The van der Waals surface area contributed by atoms with E-state index in [1.54, 1.807) is 6.20 Å². The van der Waals surface area contributed by atoms with Crippen molar-refractivity contribution in [3.05, 3.63) is 29.6 Å². The molecule has 1 saturated heterocycles. The summed E-state index contributed by atoms with van der Waals surface area (Å²) in [6.45, 7) is 3.24. The summed E-state index contributed by atoms with van der Waals surface area (Å²) in [7, 11) is 0. The first-order valence-electron chi connectivity index (χ1n) is 5.41. The van der Waals surface area contributed by atoms with Crippen LogP contribution in [-0.4, -0.2) is 35.4 Å². The maximum absolute atomic E-state index is 11.2. The van der Waals surface area contributed by atoms with Crippen LogP contribution in [0.4, 0.5) is 0 Å². The average molecular weight is 220 g/mol. The number of pyridine rings is 1. The van der Waals surface area contributed by atoms with E-state index in [4.69, 9.17) is 5.73 Å². The molecule has 3 N–H and O–H groups in total. The van der Waals surface area contributed by atoms with Crippen molar-refractivity contribution in [2.24, 2.45) is 5.73 Å². The van der Waals surface area contributed by atoms with Crippen molar-refractivity contribution in [3.8, 4) is 0 Å². The van der Waals surface area contributed by atoms with Gasteiger partial charge >= 0.3 is 0 Å². The highest BCUT2D eigenvalue weighted by atomic mass is 16.2. The summed E-state index contributed by atoms with van der Waals surface area (Å²) in [6, 6.07) is 3.92. The Hall–Kier alpha value is -1.46. The number of amides is 1. The third kappa shape index (κ3) is 2.56. The topological polar surface area (TPSA) is 71.2 Å². The van der Waals surface area contributed by atoms with Crippen LogP contribution in [0.15, 0.2) is 18.3 Å². The van der Waals surface area contributed by atoms with Crippen LogP contribution in [0.1, 0.15) is 11.3 Å². The molecular formula is C11H16N4O. The fourth-order valence-electron chi connectivity index (χ4n) is 1.87. The van der Waals surface area contributed by atoms with Crippen LogP contribution in [0.3, 0.4) is 0 Å². The maximum Gasteiger partial charge on any atom is 0.234 e. The lowest BCUT2D eigenvalue weighted by Gasteiger charge is -2.26. The standard InChI is InChI=1S/C11H16N4O/c12-6-10-9(2-1-3-13-10)7-15-5-4-14-11(16)8-15/h1-3H,4-8,12H2,(H,14,16). The van der Waals surface area contributed by atoms with Gasteiger partial charge in [0, 0.05) is 32.4 Å². The van der Waals surface area contributed by atoms with Crippen LogP contribution >= 0.6 is 0 Å². The lowest BCUT2D eigenvalue weighted by molar-refractivity contribution is -0.124. The van der Waals surface area contributed by atoms with E-state index < -0.39 is 0 Å². The number of nitrogens with zero attached hydrogens (tertiary/aromatic N) is 2. The summed E-state index contributed by atoms with van der Waals surface area (Å²) < 4.78 is 0. The molecule has 0 radical (unpaired) electrons. The minimum Gasteiger partial charge on any atom is -0.354 e. The fourth-order valence-corrected chi connectivity index (χ4v) is 1.87. The Balaban J connectivity index is 2.05. The van der Waals surface area contributed by atoms with Gasteiger partial charge in [-0.05, 0) is 11.6 Å². The molecule has 5 nitrogen and oxygen atoms in total. The lowest BCUT2D eigenvalue weighted by atomic mass is 10.1. The summed E-state index contributed by atoms with van der Waals surface area (Å²) in [5, 5.41) is 2.81. The minimum atomic E-state index is 0.0874. The number of nitrogens with two attached hydrogens (primary N) is 1. The Labute approximate surface area is 94.6 Å². The third-order valence-corrected chi connectivity index (χ3v) is 2.69. The van der Waals surface area contributed by atoms with E-state index in [-0.39, 0.29) is 5.91 Å². The molecule has 0 saturated carbocycles. The Morgan fingerprint density at radius 1 is 1.56 bits per heavy atom. The first-order chi connectivity index (χ1) is 7.79. The molecule has 16 heavy (non-hydrogen) atoms. The van der Waals surface area contributed by atoms with Gasteiger partial charge in [-0.15, -0.1) is 0 Å². The van der Waals surface area contributed by atoms with Crippen LogP contribution in [0.5, 0.6) is 0 Å². The van der Waals surface area contributed by atoms with Crippen LogP contribution in [-0.2, 0) is 17.9 Å². The molecule has 0 spiro atoms. The molecule has 0 atom stereocenters. The van der Waals surface area contributed by atoms with Crippen molar-refractivity contribution in [3.63, 3.8) is 0 Å². The Morgan fingerprint density at radius 3 is 3.19 bits per heavy atom. The molecule has 5 heteroatoms. The number of carbonyl (C=O) groups is 1. The second-order valence-corrected chi connectivity index (χ2v) is 3.87. The highest BCUT2D eigenvalue weighted by Crippen LogP contribution is 2.09. The minimum absolute atomic E-state index is 0.0874. The van der Waals surface area contributed by atoms with Crippen molar-refractivity contribution >= 4 is 5.91 Å². The zero-order chi connectivity index (χ0) is 11.4. The van der Waals surface area contributed by atoms with Crippen LogP contribution in [0.25, 0.3) is 0 Å². The van der Waals surface area contributed by atoms with Crippen molar-refractivity contribution < 1.29 is 4.79 Å². The lowest BCUT2D eigenvalue weighted by Crippen LogP contribution is -2.47. The number of aromatic nitrogens is 1. The SMILES string of the molecule is NCc1ncccc1CN1CCNC(=O)C1. The van der Waals surface area contributed by atoms with E-state index in [0.29, 0.717) is 13.1 Å². The van der Waals surface area contributed by atoms with Gasteiger partial charge in [0.25, 0.3) is 0 Å². The molecule has 0 aliphatic carbocycles. The summed E-state index contributed by atoms with van der Waals surface area (Å²) in [5.41, 5.74) is 7.64. The van der Waals surface area contributed by atoms with Crippen LogP contribution in [0.2, 0.25) is 0 Å². The number of rotatable bonds is 3. The Morgan fingerprint density at radius 2 is 2.44 bits per heavy atom. The van der Waals surface area contributed by atoms with Crippen molar-refractivity contribution in [2.45, 2.75) is 13.1 Å². The fraction of sp³-hybridized carbons (Fsp3) is 0.455. The number of carbonyl (C=O) groups excluding carboxylic acids is 1. The number of piperazine rings is 1. The van der Waals surface area contributed by atoms with Gasteiger partial charge in [-0.1, -0.05) is 6.07 Å². The predicted octanol–water partition coefficient (Wildman–Crippen LogP) is -0.528. The zero-order valence-corrected chi connectivity index (χ0v) is 9.15. The van der Waals surface area contributed by atoms with Crippen LogP contribution < -0.4 is 11.1 Å². The number of nitrogens with one attached hydrogen (secondary N) is 1. The molecular weight excluding hydrogens is 204 g/mol. The largest absolute Gasteiger partial charge is 0.354 e. The first-order valence-corrected chi connectivity index (χ1v) is 5.41. The van der Waals surface area contributed by atoms with Crippen molar-refractivity contribution in [1.82, 2.24) is 15.2 Å². The molecule has 1 aliphatic heterocycles. The van der Waals surface area contributed by atoms with E-state index in [0.717, 1.165) is 30.9 Å². The van der Waals surface area contributed by atoms with E-state index in [1.165, 1.54) is 0 Å². The second-order valence-electron chi connectivity index (χ2n) is 3.87. The molecule has 1 aliphatic rings. The molecule has 1 aromatic heterocycles. The van der Waals surface area contributed by atoms with Gasteiger partial charge in [0.15, 0.2) is 0 Å². The zero-order valence-electron chi connectivity index (χ0n) is 9.15. The molecule has 2 heterocycles. The molecule has 1 aromatic rings. The average Bonchev–Trinajstić information content (AvgIpc) is 2.30. The third-order valence-electron chi connectivity index (χ3n) is 2.69. The quantitative estimate of drug-likeness (QED) is 0.718. The Kier molecular flexibility index (Phi) is 3.48. The van der Waals surface area contributed by atoms with Crippen molar-refractivity contribution in [2.75, 3.05) is 19.6 Å². The molecule has 0 bridgehead atoms. The summed E-state index contributed by atoms with van der Waals surface area (Å²) in [5.74, 6) is 0.0874. The first kappa shape index (κ1) is 11.0. The molecule has 2 rings (SSSR count). The maximum atomic E-state index is 11.2. The summed E-state index contributed by atoms with van der Waals surface area (Å²) >= 11 is 0. The normalized spacial score (nSPS) is 17.2. The molecule has 1 amide bonds. The van der Waals surface area contributed by atoms with E-state index in [9.17, 15) is 4.79 Å². The van der Waals surface area contributed by atoms with E-state index in [1.807, 2.05) is 12.1 Å². The van der Waals surface area contributed by atoms with Gasteiger partial charge in [-0.3, -0.25) is 14.7 Å². The second kappa shape index (κ2) is 5.05. The van der Waals surface area contributed by atoms with Gasteiger partial charge in [-0.25, -0.2) is 0 Å². The number of hydrogen-bond donors (Lipinski definition) is 2. The van der Waals surface area contributed by atoms with Gasteiger partial charge in [-0.2, -0.15) is 0 Å². The monoisotopic (exact) mass is 220 g/mol. The predicted molar refractivity (Wildman–Crippen MR) is 60.4 cm³/mol. The van der Waals surface area contributed by atoms with Crippen molar-refractivity contribution in [1.29, 1.82) is 0 Å². The van der Waals surface area contributed by atoms with Gasteiger partial charge < -0.3 is 11.1 Å². The van der Waals surface area contributed by atoms with Gasteiger partial charge in [0.2, 0.25) is 5.91 Å². The van der Waals surface area contributed by atoms with Gasteiger partial charge in [0.05, 0.1) is 12.2 Å². The highest BCUT2D eigenvalue weighted by molar-refractivity contribution is 5.78. The van der Waals surface area contributed by atoms with Gasteiger partial charge in [0.1, 0.15) is 0 Å². The summed E-state index contributed by atoms with van der Waals surface area (Å²) in [4.78, 5) is 17.6. The molecule has 86 valence electrons. The smallest absolute Gasteiger partial charge is 0.234 e. The molecule has 0 unspecified atom stereocenters. The van der Waals surface area contributed by atoms with E-state index in [2.05, 4.69) is 15.2 Å². The Bertz CT molecular complexity index is 380. The van der Waals surface area contributed by atoms with Crippen LogP contribution in [0, 0.1) is 0 Å². The molecule has 0 aromatic carbocycles. The van der Waals surface area contributed by atoms with E-state index >= 15 is 0 Å². The number of hydrogen-bond acceptors (Lipinski definition) is 4. The molecule has 1 fully saturated rings. The summed E-state index contributed by atoms with van der Waals surface area (Å²) in [6.07, 6.45) is 1.74. The highest BCUT2D eigenvalue weighted by Gasteiger charge is 2.16.